The second kappa shape index (κ2) is 10.4. The summed E-state index contributed by atoms with van der Waals surface area (Å²) in [6, 6.07) is 18.3. The number of benzene rings is 2. The van der Waals surface area contributed by atoms with Gasteiger partial charge in [0.15, 0.2) is 5.89 Å². The van der Waals surface area contributed by atoms with Gasteiger partial charge in [0.25, 0.3) is 5.88 Å². The van der Waals surface area contributed by atoms with Crippen LogP contribution in [-0.4, -0.2) is 46.8 Å². The van der Waals surface area contributed by atoms with Crippen molar-refractivity contribution in [2.24, 2.45) is 5.10 Å². The molecular formula is C26H25N7O3S. The van der Waals surface area contributed by atoms with E-state index in [4.69, 9.17) is 9.52 Å². The molecule has 1 saturated heterocycles. The van der Waals surface area contributed by atoms with Crippen LogP contribution in [0.4, 0.5) is 5.88 Å². The molecule has 11 heteroatoms. The molecule has 188 valence electrons. The molecule has 37 heavy (non-hydrogen) atoms. The average molecular weight is 516 g/mol. The lowest BCUT2D eigenvalue weighted by Gasteiger charge is -2.25. The molecule has 0 unspecified atom stereocenters. The van der Waals surface area contributed by atoms with E-state index in [1.54, 1.807) is 46.4 Å². The first-order valence-corrected chi connectivity index (χ1v) is 13.3. The van der Waals surface area contributed by atoms with Gasteiger partial charge in [0.2, 0.25) is 15.7 Å². The highest BCUT2D eigenvalue weighted by Gasteiger charge is 2.26. The molecule has 0 spiro atoms. The minimum absolute atomic E-state index is 0.111. The van der Waals surface area contributed by atoms with Gasteiger partial charge in [-0.1, -0.05) is 36.8 Å². The van der Waals surface area contributed by atoms with Crippen LogP contribution in [0.5, 0.6) is 0 Å². The quantitative estimate of drug-likeness (QED) is 0.286. The van der Waals surface area contributed by atoms with Crippen molar-refractivity contribution in [1.29, 1.82) is 5.26 Å². The maximum atomic E-state index is 13.1. The lowest BCUT2D eigenvalue weighted by atomic mass is 10.1. The number of sulfonamides is 1. The van der Waals surface area contributed by atoms with Crippen molar-refractivity contribution < 1.29 is 12.8 Å². The highest BCUT2D eigenvalue weighted by atomic mass is 32.2. The molecule has 2 aromatic heterocycles. The second-order valence-corrected chi connectivity index (χ2v) is 10.5. The molecule has 0 atom stereocenters. The van der Waals surface area contributed by atoms with Gasteiger partial charge in [0, 0.05) is 37.3 Å². The number of piperidine rings is 1. The number of anilines is 1. The summed E-state index contributed by atoms with van der Waals surface area (Å²) in [6.07, 6.45) is 6.22. The van der Waals surface area contributed by atoms with Crippen LogP contribution in [0.15, 0.2) is 75.2 Å². The van der Waals surface area contributed by atoms with E-state index >= 15 is 0 Å². The summed E-state index contributed by atoms with van der Waals surface area (Å²) in [5, 5.41) is 18.2. The zero-order valence-electron chi connectivity index (χ0n) is 20.2. The number of hydrazone groups is 1. The van der Waals surface area contributed by atoms with Gasteiger partial charge in [-0.2, -0.15) is 19.8 Å². The number of oxazole rings is 1. The van der Waals surface area contributed by atoms with E-state index in [0.29, 0.717) is 30.2 Å². The normalized spacial score (nSPS) is 14.6. The van der Waals surface area contributed by atoms with Gasteiger partial charge in [-0.25, -0.2) is 23.5 Å². The summed E-state index contributed by atoms with van der Waals surface area (Å²) < 4.78 is 34.8. The fourth-order valence-corrected chi connectivity index (χ4v) is 5.71. The smallest absolute Gasteiger partial charge is 0.252 e. The summed E-state index contributed by atoms with van der Waals surface area (Å²) >= 11 is 0. The Balaban J connectivity index is 1.47. The first kappa shape index (κ1) is 24.4. The Morgan fingerprint density at radius 2 is 1.81 bits per heavy atom. The van der Waals surface area contributed by atoms with E-state index in [9.17, 15) is 13.7 Å². The lowest BCUT2D eigenvalue weighted by Crippen LogP contribution is -2.35. The second-order valence-electron chi connectivity index (χ2n) is 8.59. The predicted molar refractivity (Wildman–Crippen MR) is 139 cm³/mol. The first-order chi connectivity index (χ1) is 18.0. The lowest BCUT2D eigenvalue weighted by molar-refractivity contribution is 0.346. The maximum absolute atomic E-state index is 13.1. The van der Waals surface area contributed by atoms with Crippen LogP contribution in [0.25, 0.3) is 16.9 Å². The van der Waals surface area contributed by atoms with E-state index in [1.165, 1.54) is 0 Å². The number of hydrogen-bond acceptors (Lipinski definition) is 8. The molecule has 1 aliphatic rings. The van der Waals surface area contributed by atoms with Crippen LogP contribution in [-0.2, 0) is 10.0 Å². The number of para-hydroxylation sites is 1. The maximum Gasteiger partial charge on any atom is 0.252 e. The van der Waals surface area contributed by atoms with Gasteiger partial charge < -0.3 is 4.42 Å². The Bertz CT molecular complexity index is 1560. The molecule has 1 aliphatic heterocycles. The Kier molecular flexibility index (Phi) is 6.85. The third-order valence-electron chi connectivity index (χ3n) is 6.05. The SMILES string of the molecule is Cc1nc(C#N)c(N/N=C/c2cn(-c3ccccc3)nc2-c2ccc(S(=O)(=O)N3CCCCC3)cc2)o1. The van der Waals surface area contributed by atoms with Gasteiger partial charge in [-0.3, -0.25) is 0 Å². The van der Waals surface area contributed by atoms with E-state index in [1.807, 2.05) is 42.6 Å². The molecule has 3 heterocycles. The number of rotatable bonds is 7. The van der Waals surface area contributed by atoms with Gasteiger partial charge in [0.05, 0.1) is 16.8 Å². The van der Waals surface area contributed by atoms with Crippen molar-refractivity contribution in [3.63, 3.8) is 0 Å². The molecule has 0 aliphatic carbocycles. The molecular weight excluding hydrogens is 490 g/mol. The molecule has 2 aromatic carbocycles. The Labute approximate surface area is 214 Å². The molecule has 4 aromatic rings. The predicted octanol–water partition coefficient (Wildman–Crippen LogP) is 4.33. The summed E-state index contributed by atoms with van der Waals surface area (Å²) in [7, 11) is -3.53. The van der Waals surface area contributed by atoms with Gasteiger partial charge >= 0.3 is 0 Å². The Hall–Kier alpha value is -4.27. The van der Waals surface area contributed by atoms with Crippen LogP contribution in [0, 0.1) is 18.3 Å². The Morgan fingerprint density at radius 1 is 1.08 bits per heavy atom. The van der Waals surface area contributed by atoms with Crippen LogP contribution in [0.2, 0.25) is 0 Å². The highest BCUT2D eigenvalue weighted by molar-refractivity contribution is 7.89. The average Bonchev–Trinajstić information content (AvgIpc) is 3.53. The van der Waals surface area contributed by atoms with Crippen molar-refractivity contribution in [3.05, 3.63) is 77.9 Å². The molecule has 1 N–H and O–H groups in total. The van der Waals surface area contributed by atoms with Crippen molar-refractivity contribution in [2.45, 2.75) is 31.1 Å². The van der Waals surface area contributed by atoms with Gasteiger partial charge in [-0.05, 0) is 37.1 Å². The number of nitrogens with zero attached hydrogens (tertiary/aromatic N) is 6. The van der Waals surface area contributed by atoms with E-state index in [0.717, 1.165) is 30.5 Å². The summed E-state index contributed by atoms with van der Waals surface area (Å²) in [6.45, 7) is 2.75. The summed E-state index contributed by atoms with van der Waals surface area (Å²) in [5.74, 6) is 0.506. The monoisotopic (exact) mass is 515 g/mol. The Morgan fingerprint density at radius 3 is 2.51 bits per heavy atom. The van der Waals surface area contributed by atoms with Gasteiger partial charge in [0.1, 0.15) is 11.8 Å². The van der Waals surface area contributed by atoms with Crippen LogP contribution in [0.1, 0.15) is 36.4 Å². The summed E-state index contributed by atoms with van der Waals surface area (Å²) in [4.78, 5) is 4.26. The largest absolute Gasteiger partial charge is 0.422 e. The molecule has 0 bridgehead atoms. The fraction of sp³-hybridized carbons (Fsp3) is 0.231. The van der Waals surface area contributed by atoms with Crippen molar-refractivity contribution in [2.75, 3.05) is 18.5 Å². The highest BCUT2D eigenvalue weighted by Crippen LogP contribution is 2.27. The van der Waals surface area contributed by atoms with Crippen molar-refractivity contribution in [1.82, 2.24) is 19.1 Å². The zero-order chi connectivity index (χ0) is 25.8. The number of nitriles is 1. The van der Waals surface area contributed by atoms with Crippen LogP contribution >= 0.6 is 0 Å². The van der Waals surface area contributed by atoms with Crippen molar-refractivity contribution >= 4 is 22.1 Å². The van der Waals surface area contributed by atoms with Gasteiger partial charge in [-0.15, -0.1) is 0 Å². The van der Waals surface area contributed by atoms with E-state index in [-0.39, 0.29) is 16.5 Å². The molecule has 0 amide bonds. The minimum Gasteiger partial charge on any atom is -0.422 e. The topological polar surface area (TPSA) is 129 Å². The van der Waals surface area contributed by atoms with Crippen LogP contribution < -0.4 is 5.43 Å². The number of aromatic nitrogens is 3. The minimum atomic E-state index is -3.53. The third kappa shape index (κ3) is 5.16. The van der Waals surface area contributed by atoms with Crippen molar-refractivity contribution in [3.8, 4) is 23.0 Å². The van der Waals surface area contributed by atoms with E-state index < -0.39 is 10.0 Å². The number of aryl methyl sites for hydroxylation is 1. The molecule has 5 rings (SSSR count). The summed E-state index contributed by atoms with van der Waals surface area (Å²) in [5.41, 5.74) is 5.73. The molecule has 10 nitrogen and oxygen atoms in total. The van der Waals surface area contributed by atoms with E-state index in [2.05, 4.69) is 15.5 Å². The third-order valence-corrected chi connectivity index (χ3v) is 7.97. The molecule has 0 radical (unpaired) electrons. The number of hydrogen-bond donors (Lipinski definition) is 1. The fourth-order valence-electron chi connectivity index (χ4n) is 4.20. The molecule has 0 saturated carbocycles. The van der Waals surface area contributed by atoms with Crippen LogP contribution in [0.3, 0.4) is 0 Å². The first-order valence-electron chi connectivity index (χ1n) is 11.9. The zero-order valence-corrected chi connectivity index (χ0v) is 21.0. The standard InChI is InChI=1S/C26H25N7O3S/c1-19-29-24(16-27)26(36-19)30-28-17-21-18-33(22-8-4-2-5-9-22)31-25(21)20-10-12-23(13-11-20)37(34,35)32-14-6-3-7-15-32/h2,4-5,8-13,17-18,30H,3,6-7,14-15H2,1H3/b28-17+. The number of nitrogens with one attached hydrogen (secondary N) is 1. The molecule has 1 fully saturated rings.